The first-order chi connectivity index (χ1) is 10.2. The summed E-state index contributed by atoms with van der Waals surface area (Å²) in [6.07, 6.45) is 0.201. The van der Waals surface area contributed by atoms with Crippen LogP contribution in [0.1, 0.15) is 25.8 Å². The number of aliphatic hydroxyl groups is 1. The Morgan fingerprint density at radius 3 is 2.71 bits per heavy atom. The van der Waals surface area contributed by atoms with Crippen LogP contribution < -0.4 is 14.8 Å². The molecule has 120 valence electrons. The lowest BCUT2D eigenvalue weighted by Crippen LogP contribution is -2.21. The highest BCUT2D eigenvalue weighted by Gasteiger charge is 2.12. The maximum absolute atomic E-state index is 9.68. The fourth-order valence-corrected chi connectivity index (χ4v) is 1.83. The third-order valence-corrected chi connectivity index (χ3v) is 3.05. The number of aliphatic hydroxyl groups excluding tert-OH is 1. The lowest BCUT2D eigenvalue weighted by atomic mass is 10.1. The molecule has 0 saturated carbocycles. The second kappa shape index (κ2) is 10.4. The van der Waals surface area contributed by atoms with Crippen LogP contribution >= 0.6 is 0 Å². The van der Waals surface area contributed by atoms with Crippen LogP contribution in [0.25, 0.3) is 0 Å². The van der Waals surface area contributed by atoms with Gasteiger partial charge in [-0.3, -0.25) is 0 Å². The van der Waals surface area contributed by atoms with Crippen molar-refractivity contribution < 1.29 is 19.3 Å². The number of benzene rings is 1. The SMILES string of the molecule is CCOc1cccc(CNCCOC)c1OCC(O)CC. The highest BCUT2D eigenvalue weighted by Crippen LogP contribution is 2.31. The van der Waals surface area contributed by atoms with Gasteiger partial charge in [-0.05, 0) is 19.4 Å². The zero-order valence-electron chi connectivity index (χ0n) is 13.2. The minimum Gasteiger partial charge on any atom is -0.490 e. The van der Waals surface area contributed by atoms with Crippen LogP contribution in [0.5, 0.6) is 11.5 Å². The van der Waals surface area contributed by atoms with Gasteiger partial charge in [0.15, 0.2) is 11.5 Å². The Bertz CT molecular complexity index is 398. The van der Waals surface area contributed by atoms with E-state index in [4.69, 9.17) is 14.2 Å². The Kier molecular flexibility index (Phi) is 8.82. The predicted octanol–water partition coefficient (Wildman–Crippen LogP) is 1.97. The van der Waals surface area contributed by atoms with E-state index < -0.39 is 6.10 Å². The third kappa shape index (κ3) is 6.33. The lowest BCUT2D eigenvalue weighted by molar-refractivity contribution is 0.101. The standard InChI is InChI=1S/C16H27NO4/c1-4-14(18)12-21-16-13(11-17-9-10-19-3)7-6-8-15(16)20-5-2/h6-8,14,17-18H,4-5,9-12H2,1-3H3. The number of ether oxygens (including phenoxy) is 3. The summed E-state index contributed by atoms with van der Waals surface area (Å²) in [6, 6.07) is 5.83. The van der Waals surface area contributed by atoms with Crippen LogP contribution in [0.3, 0.4) is 0 Å². The lowest BCUT2D eigenvalue weighted by Gasteiger charge is -2.18. The van der Waals surface area contributed by atoms with Crippen molar-refractivity contribution in [3.8, 4) is 11.5 Å². The molecule has 0 fully saturated rings. The summed E-state index contributed by atoms with van der Waals surface area (Å²) >= 11 is 0. The molecule has 0 heterocycles. The van der Waals surface area contributed by atoms with Gasteiger partial charge >= 0.3 is 0 Å². The zero-order chi connectivity index (χ0) is 15.5. The topological polar surface area (TPSA) is 60.0 Å². The first-order valence-corrected chi connectivity index (χ1v) is 7.48. The van der Waals surface area contributed by atoms with Gasteiger partial charge in [-0.25, -0.2) is 0 Å². The largest absolute Gasteiger partial charge is 0.490 e. The van der Waals surface area contributed by atoms with Gasteiger partial charge < -0.3 is 24.6 Å². The van der Waals surface area contributed by atoms with Crippen LogP contribution in [0.4, 0.5) is 0 Å². The van der Waals surface area contributed by atoms with Gasteiger partial charge in [-0.15, -0.1) is 0 Å². The van der Waals surface area contributed by atoms with E-state index in [-0.39, 0.29) is 6.61 Å². The summed E-state index contributed by atoms with van der Waals surface area (Å²) in [5, 5.41) is 13.0. The summed E-state index contributed by atoms with van der Waals surface area (Å²) in [5.74, 6) is 1.42. The van der Waals surface area contributed by atoms with Crippen LogP contribution in [0, 0.1) is 0 Å². The van der Waals surface area contributed by atoms with Crippen LogP contribution in [-0.4, -0.2) is 44.7 Å². The zero-order valence-corrected chi connectivity index (χ0v) is 13.2. The molecule has 1 unspecified atom stereocenters. The molecule has 5 nitrogen and oxygen atoms in total. The van der Waals surface area contributed by atoms with Crippen LogP contribution in [0.15, 0.2) is 18.2 Å². The van der Waals surface area contributed by atoms with Gasteiger partial charge in [0.25, 0.3) is 0 Å². The fraction of sp³-hybridized carbons (Fsp3) is 0.625. The Morgan fingerprint density at radius 1 is 1.24 bits per heavy atom. The fourth-order valence-electron chi connectivity index (χ4n) is 1.83. The molecule has 1 atom stereocenters. The molecule has 0 saturated heterocycles. The normalized spacial score (nSPS) is 12.2. The Balaban J connectivity index is 2.76. The molecule has 1 aromatic carbocycles. The molecule has 1 rings (SSSR count). The van der Waals surface area contributed by atoms with E-state index in [1.807, 2.05) is 32.0 Å². The summed E-state index contributed by atoms with van der Waals surface area (Å²) in [6.45, 7) is 6.81. The minimum atomic E-state index is -0.464. The van der Waals surface area contributed by atoms with E-state index in [1.165, 1.54) is 0 Å². The van der Waals surface area contributed by atoms with Crippen molar-refractivity contribution in [3.05, 3.63) is 23.8 Å². The van der Waals surface area contributed by atoms with Crippen molar-refractivity contribution in [3.63, 3.8) is 0 Å². The van der Waals surface area contributed by atoms with Gasteiger partial charge in [0.2, 0.25) is 0 Å². The van der Waals surface area contributed by atoms with E-state index in [0.717, 1.165) is 12.1 Å². The van der Waals surface area contributed by atoms with Crippen molar-refractivity contribution in [1.82, 2.24) is 5.32 Å². The monoisotopic (exact) mass is 297 g/mol. The van der Waals surface area contributed by atoms with Gasteiger partial charge in [-0.1, -0.05) is 19.1 Å². The minimum absolute atomic E-state index is 0.270. The number of hydrogen-bond acceptors (Lipinski definition) is 5. The highest BCUT2D eigenvalue weighted by atomic mass is 16.5. The van der Waals surface area contributed by atoms with E-state index in [0.29, 0.717) is 37.7 Å². The molecule has 21 heavy (non-hydrogen) atoms. The van der Waals surface area contributed by atoms with E-state index in [1.54, 1.807) is 7.11 Å². The molecule has 5 heteroatoms. The van der Waals surface area contributed by atoms with E-state index >= 15 is 0 Å². The molecule has 0 aliphatic heterocycles. The molecule has 2 N–H and O–H groups in total. The van der Waals surface area contributed by atoms with Gasteiger partial charge in [-0.2, -0.15) is 0 Å². The molecule has 0 spiro atoms. The third-order valence-electron chi connectivity index (χ3n) is 3.05. The number of nitrogens with one attached hydrogen (secondary N) is 1. The van der Waals surface area contributed by atoms with E-state index in [2.05, 4.69) is 5.32 Å². The van der Waals surface area contributed by atoms with Crippen molar-refractivity contribution >= 4 is 0 Å². The average Bonchev–Trinajstić information content (AvgIpc) is 2.50. The first kappa shape index (κ1) is 17.8. The molecular formula is C16H27NO4. The Morgan fingerprint density at radius 2 is 2.05 bits per heavy atom. The molecule has 0 radical (unpaired) electrons. The molecule has 0 aromatic heterocycles. The second-order valence-electron chi connectivity index (χ2n) is 4.72. The smallest absolute Gasteiger partial charge is 0.165 e. The van der Waals surface area contributed by atoms with Crippen molar-refractivity contribution in [2.75, 3.05) is 33.5 Å². The highest BCUT2D eigenvalue weighted by molar-refractivity contribution is 5.46. The van der Waals surface area contributed by atoms with E-state index in [9.17, 15) is 5.11 Å². The Labute approximate surface area is 127 Å². The van der Waals surface area contributed by atoms with Gasteiger partial charge in [0.05, 0.1) is 19.3 Å². The van der Waals surface area contributed by atoms with Gasteiger partial charge in [0.1, 0.15) is 6.61 Å². The number of para-hydroxylation sites is 1. The average molecular weight is 297 g/mol. The second-order valence-corrected chi connectivity index (χ2v) is 4.72. The summed E-state index contributed by atoms with van der Waals surface area (Å²) in [7, 11) is 1.68. The number of methoxy groups -OCH3 is 1. The molecule has 0 bridgehead atoms. The first-order valence-electron chi connectivity index (χ1n) is 7.48. The van der Waals surface area contributed by atoms with Gasteiger partial charge in [0, 0.05) is 25.8 Å². The summed E-state index contributed by atoms with van der Waals surface area (Å²) < 4.78 is 16.4. The van der Waals surface area contributed by atoms with Crippen molar-refractivity contribution in [1.29, 1.82) is 0 Å². The van der Waals surface area contributed by atoms with Crippen molar-refractivity contribution in [2.45, 2.75) is 32.9 Å². The van der Waals surface area contributed by atoms with Crippen LogP contribution in [-0.2, 0) is 11.3 Å². The Hall–Kier alpha value is -1.30. The molecular weight excluding hydrogens is 270 g/mol. The maximum atomic E-state index is 9.68. The molecule has 0 aliphatic rings. The summed E-state index contributed by atoms with van der Waals surface area (Å²) in [5.41, 5.74) is 1.01. The molecule has 1 aromatic rings. The molecule has 0 amide bonds. The maximum Gasteiger partial charge on any atom is 0.165 e. The quantitative estimate of drug-likeness (QED) is 0.612. The number of hydrogen-bond donors (Lipinski definition) is 2. The van der Waals surface area contributed by atoms with Crippen molar-refractivity contribution in [2.24, 2.45) is 0 Å². The van der Waals surface area contributed by atoms with Crippen LogP contribution in [0.2, 0.25) is 0 Å². The number of rotatable bonds is 11. The predicted molar refractivity (Wildman–Crippen MR) is 83.0 cm³/mol. The summed E-state index contributed by atoms with van der Waals surface area (Å²) in [4.78, 5) is 0. The molecule has 0 aliphatic carbocycles.